The van der Waals surface area contributed by atoms with Crippen molar-refractivity contribution in [3.8, 4) is 34.0 Å². The lowest BCUT2D eigenvalue weighted by Crippen LogP contribution is -2.30. The van der Waals surface area contributed by atoms with Crippen molar-refractivity contribution in [3.63, 3.8) is 0 Å². The number of imidazole rings is 2. The van der Waals surface area contributed by atoms with E-state index in [1.54, 1.807) is 6.33 Å². The molecule has 2 aliphatic rings. The molecule has 2 aliphatic heterocycles. The molecule has 66 heavy (non-hydrogen) atoms. The molecule has 5 aromatic rings. The van der Waals surface area contributed by atoms with Gasteiger partial charge < -0.3 is 29.8 Å². The number of H-pyrrole nitrogens is 2. The second-order valence-electron chi connectivity index (χ2n) is 14.9. The number of nitrogens with one attached hydrogen (secondary N) is 3. The van der Waals surface area contributed by atoms with E-state index in [9.17, 15) is 0 Å². The van der Waals surface area contributed by atoms with Crippen LogP contribution in [0.3, 0.4) is 0 Å². The topological polar surface area (TPSA) is 85.1 Å². The predicted molar refractivity (Wildman–Crippen MR) is 288 cm³/mol. The zero-order valence-corrected chi connectivity index (χ0v) is 43.3. The van der Waals surface area contributed by atoms with Gasteiger partial charge in [0.1, 0.15) is 17.3 Å². The van der Waals surface area contributed by atoms with Gasteiger partial charge in [-0.05, 0) is 113 Å². The van der Waals surface area contributed by atoms with Gasteiger partial charge in [-0.2, -0.15) is 0 Å². The average Bonchev–Trinajstić information content (AvgIpc) is 4.22. The van der Waals surface area contributed by atoms with Crippen molar-refractivity contribution in [3.05, 3.63) is 170 Å². The minimum Gasteiger partial charge on any atom is -0.457 e. The molecule has 4 heterocycles. The Hall–Kier alpha value is -5.86. The number of aromatic amines is 2. The highest BCUT2D eigenvalue weighted by Gasteiger charge is 2.29. The van der Waals surface area contributed by atoms with Gasteiger partial charge in [0.25, 0.3) is 0 Å². The van der Waals surface area contributed by atoms with Gasteiger partial charge in [0.05, 0.1) is 36.2 Å². The maximum absolute atomic E-state index is 6.14. The molecule has 2 saturated heterocycles. The molecule has 0 bridgehead atoms. The number of nitrogens with zero attached hydrogens (tertiary/aromatic N) is 4. The number of allylic oxidation sites excluding steroid dienone is 6. The molecule has 8 heteroatoms. The molecule has 3 N–H and O–H groups in total. The number of benzene rings is 3. The normalized spacial score (nSPS) is 15.3. The van der Waals surface area contributed by atoms with Crippen molar-refractivity contribution in [1.29, 1.82) is 0 Å². The predicted octanol–water partition coefficient (Wildman–Crippen LogP) is 15.8. The molecule has 3 atom stereocenters. The first-order chi connectivity index (χ1) is 32.3. The Kier molecular flexibility index (Phi) is 30.4. The maximum atomic E-state index is 6.14. The largest absolute Gasteiger partial charge is 0.457 e. The molecule has 0 saturated carbocycles. The highest BCUT2D eigenvalue weighted by molar-refractivity contribution is 5.62. The zero-order valence-electron chi connectivity index (χ0n) is 43.3. The van der Waals surface area contributed by atoms with Crippen LogP contribution >= 0.6 is 0 Å². The number of rotatable bonds is 14. The third kappa shape index (κ3) is 18.2. The quantitative estimate of drug-likeness (QED) is 0.0963. The zero-order chi connectivity index (χ0) is 49.3. The SMILES string of the molecule is C=C(Cc1ccccc1)N1CCCC1c1ncc(-c2cccc(Oc3ccc(-c4cnc[nH]4)cc3)c2)[nH]1.C=C/C=C(\C=C/C)C(CC)C(=C)N1CCC[C@H]1C.CC.CC.CC.CC.CNC. The maximum Gasteiger partial charge on any atom is 0.129 e. The van der Waals surface area contributed by atoms with Gasteiger partial charge in [0, 0.05) is 48.4 Å². The fraction of sp³-hybridized carbons (Fsp3) is 0.414. The van der Waals surface area contributed by atoms with Crippen LogP contribution in [0.25, 0.3) is 22.5 Å². The summed E-state index contributed by atoms with van der Waals surface area (Å²) in [4.78, 5) is 20.4. The van der Waals surface area contributed by atoms with Gasteiger partial charge in [-0.3, -0.25) is 0 Å². The van der Waals surface area contributed by atoms with Gasteiger partial charge in [-0.15, -0.1) is 0 Å². The minimum absolute atomic E-state index is 0.220. The number of ether oxygens (including phenoxy) is 1. The van der Waals surface area contributed by atoms with Crippen molar-refractivity contribution in [2.75, 3.05) is 27.2 Å². The Bertz CT molecular complexity index is 2080. The monoisotopic (exact) mass is 898 g/mol. The van der Waals surface area contributed by atoms with Crippen LogP contribution in [-0.4, -0.2) is 63.0 Å². The fourth-order valence-corrected chi connectivity index (χ4v) is 7.83. The summed E-state index contributed by atoms with van der Waals surface area (Å²) in [6.45, 7) is 37.4. The molecule has 0 aliphatic carbocycles. The van der Waals surface area contributed by atoms with Crippen LogP contribution < -0.4 is 10.1 Å². The van der Waals surface area contributed by atoms with Crippen LogP contribution in [0, 0.1) is 5.92 Å². The third-order valence-corrected chi connectivity index (χ3v) is 10.7. The Morgan fingerprint density at radius 2 is 1.47 bits per heavy atom. The molecular formula is C58H87N7O. The molecule has 360 valence electrons. The van der Waals surface area contributed by atoms with E-state index in [0.717, 1.165) is 84.3 Å². The van der Waals surface area contributed by atoms with E-state index in [1.807, 2.05) is 136 Å². The van der Waals surface area contributed by atoms with Crippen LogP contribution in [0.1, 0.15) is 126 Å². The Morgan fingerprint density at radius 1 is 0.818 bits per heavy atom. The number of hydrogen-bond donors (Lipinski definition) is 3. The molecule has 7 rings (SSSR count). The van der Waals surface area contributed by atoms with Gasteiger partial charge in [0.15, 0.2) is 0 Å². The minimum atomic E-state index is 0.220. The van der Waals surface area contributed by atoms with E-state index in [0.29, 0.717) is 12.0 Å². The first kappa shape index (κ1) is 58.2. The molecule has 8 nitrogen and oxygen atoms in total. The summed E-state index contributed by atoms with van der Waals surface area (Å²) >= 11 is 0. The first-order valence-corrected chi connectivity index (χ1v) is 24.7. The van der Waals surface area contributed by atoms with Gasteiger partial charge in [-0.25, -0.2) is 9.97 Å². The Labute approximate surface area is 402 Å². The van der Waals surface area contributed by atoms with E-state index in [1.165, 1.54) is 29.7 Å². The molecule has 0 radical (unpaired) electrons. The van der Waals surface area contributed by atoms with Gasteiger partial charge in [-0.1, -0.05) is 149 Å². The van der Waals surface area contributed by atoms with Gasteiger partial charge in [0.2, 0.25) is 0 Å². The average molecular weight is 898 g/mol. The van der Waals surface area contributed by atoms with Crippen LogP contribution in [0.2, 0.25) is 0 Å². The second kappa shape index (κ2) is 34.5. The summed E-state index contributed by atoms with van der Waals surface area (Å²) in [6, 6.07) is 27.5. The van der Waals surface area contributed by atoms with E-state index >= 15 is 0 Å². The van der Waals surface area contributed by atoms with Gasteiger partial charge >= 0.3 is 0 Å². The van der Waals surface area contributed by atoms with Crippen molar-refractivity contribution >= 4 is 0 Å². The summed E-state index contributed by atoms with van der Waals surface area (Å²) in [5, 5.41) is 2.75. The van der Waals surface area contributed by atoms with Crippen molar-refractivity contribution in [2.24, 2.45) is 5.92 Å². The number of aromatic nitrogens is 4. The second-order valence-corrected chi connectivity index (χ2v) is 14.9. The summed E-state index contributed by atoms with van der Waals surface area (Å²) in [5.74, 6) is 2.97. The van der Waals surface area contributed by atoms with Crippen LogP contribution in [0.5, 0.6) is 11.5 Å². The lowest BCUT2D eigenvalue weighted by atomic mass is 9.91. The smallest absolute Gasteiger partial charge is 0.129 e. The van der Waals surface area contributed by atoms with E-state index in [2.05, 4.69) is 119 Å². The molecule has 2 fully saturated rings. The third-order valence-electron chi connectivity index (χ3n) is 10.7. The standard InChI is InChI=1S/C31H29N5O.C17H27N.C2H7N.4C2H6/c1-22(17-23-7-3-2-4-8-23)36-16-6-11-30(36)31-33-20-29(35-31)25-9-5-10-27(18-25)37-26-14-12-24(13-15-26)28-19-32-21-34-28;1-6-10-16(11-7-2)17(8-3)15(5)18-13-9-12-14(18)4;1-3-2;4*1-2/h2-5,7-10,12-15,18-21,30H,1,6,11,16-17H2,(H,32,34)(H,33,35);6-7,10-11,14,17H,1,5,8-9,12-13H2,2-4H3;3H,1-2H3;4*1-2H3/b;11-7-,16-10+;;;;;/t;14-,17?;;;;;/m.1...../s1. The molecule has 2 unspecified atom stereocenters. The van der Waals surface area contributed by atoms with E-state index in [-0.39, 0.29) is 6.04 Å². The Morgan fingerprint density at radius 3 is 2.05 bits per heavy atom. The first-order valence-electron chi connectivity index (χ1n) is 24.7. The van der Waals surface area contributed by atoms with Crippen LogP contribution in [0.4, 0.5) is 0 Å². The fourth-order valence-electron chi connectivity index (χ4n) is 7.83. The summed E-state index contributed by atoms with van der Waals surface area (Å²) < 4.78 is 6.14. The lowest BCUT2D eigenvalue weighted by Gasteiger charge is -2.32. The lowest BCUT2D eigenvalue weighted by molar-refractivity contribution is 0.308. The van der Waals surface area contributed by atoms with E-state index in [4.69, 9.17) is 9.72 Å². The highest BCUT2D eigenvalue weighted by Crippen LogP contribution is 2.36. The number of hydrogen-bond acceptors (Lipinski definition) is 6. The van der Waals surface area contributed by atoms with Crippen molar-refractivity contribution in [1.82, 2.24) is 35.1 Å². The molecule has 3 aromatic carbocycles. The highest BCUT2D eigenvalue weighted by atomic mass is 16.5. The molecular weight excluding hydrogens is 811 g/mol. The summed E-state index contributed by atoms with van der Waals surface area (Å²) in [7, 11) is 3.75. The molecule has 2 aromatic heterocycles. The molecule has 0 amide bonds. The molecule has 0 spiro atoms. The van der Waals surface area contributed by atoms with Crippen molar-refractivity contribution in [2.45, 2.75) is 127 Å². The Balaban J connectivity index is 0.000000633. The van der Waals surface area contributed by atoms with E-state index < -0.39 is 0 Å². The summed E-state index contributed by atoms with van der Waals surface area (Å²) in [5.41, 5.74) is 9.08. The van der Waals surface area contributed by atoms with Crippen molar-refractivity contribution < 1.29 is 4.74 Å². The summed E-state index contributed by atoms with van der Waals surface area (Å²) in [6.07, 6.45) is 20.4. The van der Waals surface area contributed by atoms with Crippen LogP contribution in [-0.2, 0) is 6.42 Å². The van der Waals surface area contributed by atoms with Crippen LogP contribution in [0.15, 0.2) is 159 Å². The number of likely N-dealkylation sites (tertiary alicyclic amines) is 2.